The van der Waals surface area contributed by atoms with Crippen molar-refractivity contribution in [1.82, 2.24) is 0 Å². The summed E-state index contributed by atoms with van der Waals surface area (Å²) in [6.45, 7) is 4.89. The maximum absolute atomic E-state index is 3.77. The van der Waals surface area contributed by atoms with Crippen LogP contribution < -0.4 is 0 Å². The van der Waals surface area contributed by atoms with Gasteiger partial charge in [0.05, 0.1) is 0 Å². The van der Waals surface area contributed by atoms with Gasteiger partial charge in [0.15, 0.2) is 0 Å². The molecule has 4 rings (SSSR count). The standard InChI is InChI=1S/C24H28Si/c1-25(2,23-15-13-21(17-23)19-9-5-3-6-10-19)24-16-14-22(18-24)20-11-7-4-8-12-20/h9,11,13-16H,3-8,10,12H2,1-2H3. The molecule has 25 heavy (non-hydrogen) atoms. The fourth-order valence-corrected chi connectivity index (χ4v) is 6.39. The highest BCUT2D eigenvalue weighted by Gasteiger charge is 2.31. The van der Waals surface area contributed by atoms with Gasteiger partial charge < -0.3 is 0 Å². The quantitative estimate of drug-likeness (QED) is 0.388. The number of hydrogen-bond acceptors (Lipinski definition) is 0. The second-order valence-electron chi connectivity index (χ2n) is 8.15. The minimum Gasteiger partial charge on any atom is -0.113 e. The van der Waals surface area contributed by atoms with Crippen LogP contribution in [0.2, 0.25) is 13.1 Å². The van der Waals surface area contributed by atoms with Gasteiger partial charge in [0.25, 0.3) is 0 Å². The van der Waals surface area contributed by atoms with Gasteiger partial charge in [0.1, 0.15) is 8.07 Å². The van der Waals surface area contributed by atoms with E-state index < -0.39 is 8.07 Å². The second kappa shape index (κ2) is 6.85. The zero-order chi connectivity index (χ0) is 17.3. The van der Waals surface area contributed by atoms with Crippen LogP contribution in [0.25, 0.3) is 0 Å². The highest BCUT2D eigenvalue weighted by molar-refractivity contribution is 6.91. The number of rotatable bonds is 4. The smallest absolute Gasteiger partial charge is 0.113 e. The molecule has 128 valence electrons. The van der Waals surface area contributed by atoms with E-state index in [0.29, 0.717) is 0 Å². The van der Waals surface area contributed by atoms with E-state index in [1.807, 2.05) is 0 Å². The topological polar surface area (TPSA) is 0 Å². The Balaban J connectivity index is 1.66. The van der Waals surface area contributed by atoms with Crippen molar-refractivity contribution in [3.8, 4) is 0 Å². The molecule has 0 atom stereocenters. The third-order valence-corrected chi connectivity index (χ3v) is 9.27. The molecule has 0 unspecified atom stereocenters. The molecule has 0 heterocycles. The summed E-state index contributed by atoms with van der Waals surface area (Å²) in [4.78, 5) is 0. The number of allylic oxidation sites excluding steroid dienone is 10. The van der Waals surface area contributed by atoms with Crippen LogP contribution in [-0.4, -0.2) is 8.07 Å². The normalized spacial score (nSPS) is 23.0. The Kier molecular flexibility index (Phi) is 4.57. The lowest BCUT2D eigenvalue weighted by atomic mass is 9.94. The minimum absolute atomic E-state index is 1.22. The fourth-order valence-electron chi connectivity index (χ4n) is 4.20. The Hall–Kier alpha value is -1.78. The molecule has 0 aromatic heterocycles. The zero-order valence-corrected chi connectivity index (χ0v) is 16.6. The van der Waals surface area contributed by atoms with Gasteiger partial charge in [-0.3, -0.25) is 0 Å². The fraction of sp³-hybridized carbons (Fsp3) is 0.417. The molecule has 0 amide bonds. The summed E-state index contributed by atoms with van der Waals surface area (Å²) in [5.74, 6) is 0. The largest absolute Gasteiger partial charge is 0.131 e. The zero-order valence-electron chi connectivity index (χ0n) is 15.6. The van der Waals surface area contributed by atoms with Gasteiger partial charge in [-0.25, -0.2) is 0 Å². The molecular weight excluding hydrogens is 316 g/mol. The first-order chi connectivity index (χ1) is 12.1. The molecular formula is C24H28Si. The Morgan fingerprint density at radius 1 is 0.680 bits per heavy atom. The average Bonchev–Trinajstić information content (AvgIpc) is 3.34. The molecule has 4 aliphatic rings. The van der Waals surface area contributed by atoms with Crippen LogP contribution in [0.5, 0.6) is 0 Å². The van der Waals surface area contributed by atoms with Crippen molar-refractivity contribution in [3.05, 3.63) is 80.6 Å². The summed E-state index contributed by atoms with van der Waals surface area (Å²) >= 11 is 0. The van der Waals surface area contributed by atoms with Gasteiger partial charge in [0.2, 0.25) is 0 Å². The van der Waals surface area contributed by atoms with Crippen LogP contribution in [0, 0.1) is 0 Å². The lowest BCUT2D eigenvalue weighted by Gasteiger charge is -2.20. The highest BCUT2D eigenvalue weighted by Crippen LogP contribution is 2.35. The van der Waals surface area contributed by atoms with Gasteiger partial charge in [-0.1, -0.05) is 37.4 Å². The molecule has 0 saturated heterocycles. The molecule has 0 saturated carbocycles. The van der Waals surface area contributed by atoms with Crippen molar-refractivity contribution >= 4 is 8.07 Å². The van der Waals surface area contributed by atoms with Gasteiger partial charge in [-0.15, -0.1) is 11.5 Å². The predicted octanol–water partition coefficient (Wildman–Crippen LogP) is 6.82. The first-order valence-corrected chi connectivity index (χ1v) is 12.9. The van der Waals surface area contributed by atoms with Gasteiger partial charge in [-0.2, -0.15) is 0 Å². The van der Waals surface area contributed by atoms with Crippen LogP contribution >= 0.6 is 0 Å². The van der Waals surface area contributed by atoms with E-state index in [0.717, 1.165) is 0 Å². The van der Waals surface area contributed by atoms with E-state index in [1.165, 1.54) is 84.1 Å². The van der Waals surface area contributed by atoms with Crippen LogP contribution in [0.4, 0.5) is 0 Å². The predicted molar refractivity (Wildman–Crippen MR) is 110 cm³/mol. The van der Waals surface area contributed by atoms with Crippen LogP contribution in [0.15, 0.2) is 80.6 Å². The lowest BCUT2D eigenvalue weighted by molar-refractivity contribution is 0.708. The summed E-state index contributed by atoms with van der Waals surface area (Å²) < 4.78 is 0. The van der Waals surface area contributed by atoms with E-state index in [4.69, 9.17) is 0 Å². The van der Waals surface area contributed by atoms with Gasteiger partial charge >= 0.3 is 0 Å². The van der Waals surface area contributed by atoms with Gasteiger partial charge in [0, 0.05) is 11.1 Å². The Morgan fingerprint density at radius 2 is 1.16 bits per heavy atom. The Morgan fingerprint density at radius 3 is 1.56 bits per heavy atom. The monoisotopic (exact) mass is 344 g/mol. The summed E-state index contributed by atoms with van der Waals surface area (Å²) in [5, 5.41) is 2.86. The first-order valence-electron chi connectivity index (χ1n) is 9.92. The van der Waals surface area contributed by atoms with Crippen LogP contribution in [-0.2, 0) is 0 Å². The van der Waals surface area contributed by atoms with Crippen molar-refractivity contribution in [3.63, 3.8) is 0 Å². The molecule has 0 aromatic carbocycles. The summed E-state index contributed by atoms with van der Waals surface area (Å²) in [6.07, 6.45) is 24.4. The van der Waals surface area contributed by atoms with Gasteiger partial charge in [-0.05, 0) is 85.1 Å². The molecule has 0 bridgehead atoms. The van der Waals surface area contributed by atoms with E-state index in [1.54, 1.807) is 0 Å². The van der Waals surface area contributed by atoms with Crippen molar-refractivity contribution < 1.29 is 0 Å². The summed E-state index contributed by atoms with van der Waals surface area (Å²) in [5.41, 5.74) is 13.3. The average molecular weight is 345 g/mol. The maximum atomic E-state index is 3.77. The van der Waals surface area contributed by atoms with E-state index in [2.05, 4.69) is 61.0 Å². The molecule has 0 spiro atoms. The summed E-state index contributed by atoms with van der Waals surface area (Å²) in [7, 11) is -1.71. The van der Waals surface area contributed by atoms with Crippen LogP contribution in [0.3, 0.4) is 0 Å². The van der Waals surface area contributed by atoms with Crippen LogP contribution in [0.1, 0.15) is 51.4 Å². The lowest BCUT2D eigenvalue weighted by Crippen LogP contribution is -2.29. The Bertz CT molecular complexity index is 769. The van der Waals surface area contributed by atoms with Crippen molar-refractivity contribution in [2.45, 2.75) is 64.5 Å². The summed E-state index contributed by atoms with van der Waals surface area (Å²) in [6, 6.07) is 0. The van der Waals surface area contributed by atoms with E-state index in [-0.39, 0.29) is 0 Å². The molecule has 0 N–H and O–H groups in total. The molecule has 4 aliphatic carbocycles. The molecule has 1 heteroatoms. The molecule has 0 nitrogen and oxygen atoms in total. The van der Waals surface area contributed by atoms with E-state index in [9.17, 15) is 0 Å². The molecule has 0 aromatic rings. The Labute approximate surface area is 153 Å². The first kappa shape index (κ1) is 16.7. The molecule has 0 radical (unpaired) electrons. The molecule has 0 fully saturated rings. The second-order valence-corrected chi connectivity index (χ2v) is 12.5. The molecule has 0 aliphatic heterocycles. The van der Waals surface area contributed by atoms with E-state index >= 15 is 0 Å². The van der Waals surface area contributed by atoms with Crippen molar-refractivity contribution in [1.29, 1.82) is 0 Å². The highest BCUT2D eigenvalue weighted by atomic mass is 28.3. The van der Waals surface area contributed by atoms with Crippen molar-refractivity contribution in [2.24, 2.45) is 0 Å². The number of hydrogen-bond donors (Lipinski definition) is 0. The SMILES string of the molecule is C[Si](C)(C1=C=C(C2=CCCCC2)C=C1)C1=C=C(C2=CCCCC2)C=C1. The minimum atomic E-state index is -1.71. The maximum Gasteiger partial charge on any atom is 0.131 e. The third kappa shape index (κ3) is 3.33. The van der Waals surface area contributed by atoms with Crippen molar-refractivity contribution in [2.75, 3.05) is 0 Å². The third-order valence-electron chi connectivity index (χ3n) is 5.99.